The lowest BCUT2D eigenvalue weighted by atomic mass is 10.1. The van der Waals surface area contributed by atoms with Gasteiger partial charge in [0.1, 0.15) is 5.82 Å². The van der Waals surface area contributed by atoms with Crippen molar-refractivity contribution in [2.75, 3.05) is 5.01 Å². The first-order chi connectivity index (χ1) is 8.45. The smallest absolute Gasteiger partial charge is 0.162 e. The molecular weight excluding hydrogens is 212 g/mol. The second-order valence-corrected chi connectivity index (χ2v) is 3.99. The van der Waals surface area contributed by atoms with Gasteiger partial charge in [0, 0.05) is 24.2 Å². The van der Waals surface area contributed by atoms with Gasteiger partial charge in [0.25, 0.3) is 0 Å². The van der Waals surface area contributed by atoms with Gasteiger partial charge in [0.05, 0.1) is 5.69 Å². The van der Waals surface area contributed by atoms with Gasteiger partial charge >= 0.3 is 0 Å². The quantitative estimate of drug-likeness (QED) is 0.739. The fraction of sp³-hybridized carbons (Fsp3) is 0. The zero-order chi connectivity index (χ0) is 11.2. The van der Waals surface area contributed by atoms with Crippen molar-refractivity contribution < 1.29 is 0 Å². The fourth-order valence-electron chi connectivity index (χ4n) is 2.33. The van der Waals surface area contributed by atoms with Crippen molar-refractivity contribution in [1.29, 1.82) is 0 Å². The number of aliphatic imine (C=N–C) groups is 1. The van der Waals surface area contributed by atoms with Crippen molar-refractivity contribution >= 4 is 11.7 Å². The van der Waals surface area contributed by atoms with E-state index in [4.69, 9.17) is 0 Å². The second kappa shape index (κ2) is 3.01. The maximum absolute atomic E-state index is 4.46. The molecule has 0 bridgehead atoms. The summed E-state index contributed by atoms with van der Waals surface area (Å²) in [6.07, 6.45) is 5.67. The Morgan fingerprint density at radius 3 is 3.00 bits per heavy atom. The van der Waals surface area contributed by atoms with Crippen LogP contribution in [0.3, 0.4) is 0 Å². The van der Waals surface area contributed by atoms with Crippen LogP contribution in [0.15, 0.2) is 60.0 Å². The van der Waals surface area contributed by atoms with Crippen LogP contribution >= 0.6 is 0 Å². The highest BCUT2D eigenvalue weighted by Crippen LogP contribution is 2.30. The molecule has 0 aliphatic carbocycles. The topological polar surface area (TPSA) is 32.6 Å². The Hall–Kier alpha value is -2.49. The van der Waals surface area contributed by atoms with Crippen LogP contribution in [0, 0.1) is 0 Å². The van der Waals surface area contributed by atoms with E-state index in [0.717, 1.165) is 17.2 Å². The van der Waals surface area contributed by atoms with Crippen molar-refractivity contribution in [2.45, 2.75) is 0 Å². The summed E-state index contributed by atoms with van der Waals surface area (Å²) in [7, 11) is 0. The van der Waals surface area contributed by atoms with Crippen LogP contribution in [-0.2, 0) is 0 Å². The first kappa shape index (κ1) is 8.64. The number of hydrogen-bond donors (Lipinski definition) is 1. The van der Waals surface area contributed by atoms with Crippen molar-refractivity contribution in [1.82, 2.24) is 9.99 Å². The predicted molar refractivity (Wildman–Crippen MR) is 67.1 cm³/mol. The Morgan fingerprint density at radius 2 is 2.00 bits per heavy atom. The third kappa shape index (κ3) is 1.04. The molecule has 0 fully saturated rings. The van der Waals surface area contributed by atoms with E-state index < -0.39 is 0 Å². The number of fused-ring (bicyclic) bond motifs is 6. The van der Waals surface area contributed by atoms with Crippen LogP contribution in [0.4, 0.5) is 5.82 Å². The van der Waals surface area contributed by atoms with Gasteiger partial charge in [0.15, 0.2) is 5.84 Å². The third-order valence-electron chi connectivity index (χ3n) is 3.05. The van der Waals surface area contributed by atoms with Gasteiger partial charge in [-0.05, 0) is 24.3 Å². The summed E-state index contributed by atoms with van der Waals surface area (Å²) in [4.78, 5) is 4.46. The molecule has 0 saturated heterocycles. The number of anilines is 1. The first-order valence-corrected chi connectivity index (χ1v) is 5.51. The van der Waals surface area contributed by atoms with Crippen molar-refractivity contribution in [3.63, 3.8) is 0 Å². The number of amidine groups is 1. The summed E-state index contributed by atoms with van der Waals surface area (Å²) >= 11 is 0. The molecule has 2 aliphatic heterocycles. The largest absolute Gasteiger partial charge is 0.301 e. The van der Waals surface area contributed by atoms with E-state index in [1.807, 2.05) is 29.4 Å². The highest BCUT2D eigenvalue weighted by Gasteiger charge is 2.27. The van der Waals surface area contributed by atoms with E-state index in [1.54, 1.807) is 6.20 Å². The minimum Gasteiger partial charge on any atom is -0.301 e. The fourth-order valence-corrected chi connectivity index (χ4v) is 2.33. The minimum atomic E-state index is 0.939. The van der Waals surface area contributed by atoms with Gasteiger partial charge in [-0.2, -0.15) is 0 Å². The number of aromatic nitrogens is 1. The van der Waals surface area contributed by atoms with Crippen molar-refractivity contribution in [3.05, 3.63) is 60.6 Å². The molecule has 4 nitrogen and oxygen atoms in total. The molecule has 1 aromatic heterocycles. The average Bonchev–Trinajstić information content (AvgIpc) is 2.89. The van der Waals surface area contributed by atoms with Crippen LogP contribution in [0.2, 0.25) is 0 Å². The number of hydrazine groups is 1. The monoisotopic (exact) mass is 222 g/mol. The molecule has 0 atom stereocenters. The lowest BCUT2D eigenvalue weighted by Crippen LogP contribution is -2.45. The molecule has 4 rings (SSSR count). The van der Waals surface area contributed by atoms with Gasteiger partial charge < -0.3 is 4.57 Å². The summed E-state index contributed by atoms with van der Waals surface area (Å²) < 4.78 is 2.15. The van der Waals surface area contributed by atoms with Gasteiger partial charge in [-0.15, -0.1) is 0 Å². The van der Waals surface area contributed by atoms with Crippen LogP contribution in [0.25, 0.3) is 5.69 Å². The summed E-state index contributed by atoms with van der Waals surface area (Å²) in [6, 6.07) is 12.4. The molecule has 0 spiro atoms. The third-order valence-corrected chi connectivity index (χ3v) is 3.05. The molecule has 2 aliphatic rings. The van der Waals surface area contributed by atoms with E-state index in [9.17, 15) is 0 Å². The average molecular weight is 222 g/mol. The van der Waals surface area contributed by atoms with Crippen LogP contribution in [0.5, 0.6) is 0 Å². The van der Waals surface area contributed by atoms with E-state index in [2.05, 4.69) is 39.4 Å². The molecule has 0 unspecified atom stereocenters. The number of rotatable bonds is 0. The van der Waals surface area contributed by atoms with Crippen molar-refractivity contribution in [3.8, 4) is 5.69 Å². The van der Waals surface area contributed by atoms with E-state index >= 15 is 0 Å². The van der Waals surface area contributed by atoms with Crippen LogP contribution in [0.1, 0.15) is 5.56 Å². The standard InChI is InChI=1S/C13H10N4/c1-2-5-11-10(4-1)13-14-7-8-15-17(13)12-6-3-9-16(11)12/h1-9,15H. The molecule has 4 heteroatoms. The normalized spacial score (nSPS) is 15.5. The number of hydrogen-bond acceptors (Lipinski definition) is 3. The van der Waals surface area contributed by atoms with Gasteiger partial charge in [-0.25, -0.2) is 10.0 Å². The second-order valence-electron chi connectivity index (χ2n) is 3.99. The predicted octanol–water partition coefficient (Wildman–Crippen LogP) is 2.03. The van der Waals surface area contributed by atoms with Crippen molar-refractivity contribution in [2.24, 2.45) is 4.99 Å². The molecule has 82 valence electrons. The number of benzene rings is 1. The van der Waals surface area contributed by atoms with Crippen LogP contribution in [-0.4, -0.2) is 10.4 Å². The molecule has 17 heavy (non-hydrogen) atoms. The van der Waals surface area contributed by atoms with Crippen LogP contribution < -0.4 is 10.4 Å². The lowest BCUT2D eigenvalue weighted by Gasteiger charge is -2.33. The zero-order valence-corrected chi connectivity index (χ0v) is 9.04. The highest BCUT2D eigenvalue weighted by molar-refractivity contribution is 6.13. The number of nitrogens with zero attached hydrogens (tertiary/aromatic N) is 3. The Balaban J connectivity index is 2.09. The summed E-state index contributed by atoms with van der Waals surface area (Å²) in [6.45, 7) is 0. The number of para-hydroxylation sites is 1. The molecule has 1 aromatic carbocycles. The van der Waals surface area contributed by atoms with Gasteiger partial charge in [0.2, 0.25) is 0 Å². The molecule has 2 aromatic rings. The maximum atomic E-state index is 4.46. The van der Waals surface area contributed by atoms with Gasteiger partial charge in [-0.1, -0.05) is 12.1 Å². The van der Waals surface area contributed by atoms with E-state index in [1.165, 1.54) is 5.69 Å². The highest BCUT2D eigenvalue weighted by atomic mass is 15.6. The summed E-state index contributed by atoms with van der Waals surface area (Å²) in [5.41, 5.74) is 5.50. The van der Waals surface area contributed by atoms with E-state index in [0.29, 0.717) is 0 Å². The molecule has 0 saturated carbocycles. The lowest BCUT2D eigenvalue weighted by molar-refractivity contribution is 0.836. The zero-order valence-electron chi connectivity index (χ0n) is 9.04. The Labute approximate surface area is 98.5 Å². The Bertz CT molecular complexity index is 651. The van der Waals surface area contributed by atoms with E-state index in [-0.39, 0.29) is 0 Å². The Morgan fingerprint density at radius 1 is 1.06 bits per heavy atom. The number of nitrogens with one attached hydrogen (secondary N) is 1. The SMILES string of the molecule is C1=CNN2C(=N1)c1ccccc1-n1cccc12. The first-order valence-electron chi connectivity index (χ1n) is 5.51. The molecule has 0 radical (unpaired) electrons. The molecule has 0 amide bonds. The summed E-state index contributed by atoms with van der Waals surface area (Å²) in [5.74, 6) is 2.01. The molecule has 1 N–H and O–H groups in total. The molecule has 3 heterocycles. The maximum Gasteiger partial charge on any atom is 0.162 e. The van der Waals surface area contributed by atoms with Gasteiger partial charge in [-0.3, -0.25) is 5.43 Å². The minimum absolute atomic E-state index is 0.939. The molecular formula is C13H10N4. The Kier molecular flexibility index (Phi) is 1.53. The summed E-state index contributed by atoms with van der Waals surface area (Å²) in [5, 5.41) is 1.99.